The number of esters is 1. The van der Waals surface area contributed by atoms with Gasteiger partial charge in [-0.2, -0.15) is 8.42 Å². The van der Waals surface area contributed by atoms with Crippen LogP contribution in [-0.2, 0) is 24.5 Å². The van der Waals surface area contributed by atoms with Crippen molar-refractivity contribution in [2.24, 2.45) is 0 Å². The van der Waals surface area contributed by atoms with Gasteiger partial charge in [0, 0.05) is 18.3 Å². The lowest BCUT2D eigenvalue weighted by Crippen LogP contribution is -2.27. The Morgan fingerprint density at radius 3 is 2.77 bits per heavy atom. The first-order valence-electron chi connectivity index (χ1n) is 6.14. The van der Waals surface area contributed by atoms with Gasteiger partial charge in [-0.3, -0.25) is 14.5 Å². The van der Waals surface area contributed by atoms with Crippen molar-refractivity contribution in [3.05, 3.63) is 11.1 Å². The topological polar surface area (TPSA) is 111 Å². The van der Waals surface area contributed by atoms with E-state index in [1.54, 1.807) is 0 Å². The molecule has 1 aromatic heterocycles. The van der Waals surface area contributed by atoms with Crippen molar-refractivity contribution in [2.75, 3.05) is 18.1 Å². The molecule has 2 rings (SSSR count). The zero-order valence-corrected chi connectivity index (χ0v) is 12.9. The standard InChI is InChI=1S/C11H11FN2O6S2/c1-2-20-10(17)9(16)7-5-21-11(13-7)14-4-6(3-8(14)15)22(12,18)19/h5-6H,2-4H2,1H3. The minimum atomic E-state index is -4.83. The molecule has 1 saturated heterocycles. The van der Waals surface area contributed by atoms with Crippen LogP contribution in [0.15, 0.2) is 5.38 Å². The van der Waals surface area contributed by atoms with Gasteiger partial charge < -0.3 is 4.74 Å². The van der Waals surface area contributed by atoms with E-state index in [0.717, 1.165) is 16.2 Å². The third-order valence-corrected chi connectivity index (χ3v) is 4.88. The van der Waals surface area contributed by atoms with Gasteiger partial charge in [0.15, 0.2) is 5.13 Å². The Bertz CT molecular complexity index is 729. The number of carbonyl (C=O) groups excluding carboxylic acids is 3. The van der Waals surface area contributed by atoms with Gasteiger partial charge in [0.1, 0.15) is 10.9 Å². The molecule has 8 nitrogen and oxygen atoms in total. The third kappa shape index (κ3) is 3.30. The number of ketones is 1. The molecule has 0 spiro atoms. The van der Waals surface area contributed by atoms with E-state index in [4.69, 9.17) is 0 Å². The van der Waals surface area contributed by atoms with Gasteiger partial charge in [-0.25, -0.2) is 9.78 Å². The third-order valence-electron chi connectivity index (χ3n) is 2.90. The Hall–Kier alpha value is -1.88. The van der Waals surface area contributed by atoms with E-state index in [1.807, 2.05) is 0 Å². The SMILES string of the molecule is CCOC(=O)C(=O)c1csc(N2CC(S(=O)(=O)F)CC2=O)n1. The fourth-order valence-corrected chi connectivity index (χ4v) is 3.34. The van der Waals surface area contributed by atoms with Gasteiger partial charge in [-0.15, -0.1) is 15.2 Å². The first-order chi connectivity index (χ1) is 10.2. The van der Waals surface area contributed by atoms with Crippen LogP contribution in [0.3, 0.4) is 0 Å². The molecule has 1 fully saturated rings. The van der Waals surface area contributed by atoms with Gasteiger partial charge in [-0.05, 0) is 6.92 Å². The van der Waals surface area contributed by atoms with Crippen LogP contribution < -0.4 is 4.90 Å². The molecule has 1 aliphatic rings. The molecule has 0 aliphatic carbocycles. The first-order valence-corrected chi connectivity index (χ1v) is 8.47. The van der Waals surface area contributed by atoms with Gasteiger partial charge >= 0.3 is 16.2 Å². The number of hydrogen-bond donors (Lipinski definition) is 0. The minimum Gasteiger partial charge on any atom is -0.460 e. The zero-order chi connectivity index (χ0) is 16.5. The molecule has 0 saturated carbocycles. The number of ether oxygens (including phenoxy) is 1. The lowest BCUT2D eigenvalue weighted by Gasteiger charge is -2.11. The number of aromatic nitrogens is 1. The molecule has 1 amide bonds. The number of halogens is 1. The number of nitrogens with zero attached hydrogens (tertiary/aromatic N) is 2. The highest BCUT2D eigenvalue weighted by Gasteiger charge is 2.40. The average Bonchev–Trinajstić information content (AvgIpc) is 3.03. The number of rotatable bonds is 5. The normalized spacial score (nSPS) is 18.5. The van der Waals surface area contributed by atoms with Crippen molar-refractivity contribution in [1.82, 2.24) is 4.98 Å². The quantitative estimate of drug-likeness (QED) is 0.325. The lowest BCUT2D eigenvalue weighted by molar-refractivity contribution is -0.137. The van der Waals surface area contributed by atoms with Crippen LogP contribution in [0.1, 0.15) is 23.8 Å². The molecule has 1 unspecified atom stereocenters. The summed E-state index contributed by atoms with van der Waals surface area (Å²) in [4.78, 5) is 39.5. The highest BCUT2D eigenvalue weighted by Crippen LogP contribution is 2.28. The van der Waals surface area contributed by atoms with Crippen LogP contribution in [0.2, 0.25) is 0 Å². The van der Waals surface area contributed by atoms with E-state index in [0.29, 0.717) is 0 Å². The summed E-state index contributed by atoms with van der Waals surface area (Å²) in [6, 6.07) is 0. The van der Waals surface area contributed by atoms with Crippen molar-refractivity contribution in [2.45, 2.75) is 18.6 Å². The Kier molecular flexibility index (Phi) is 4.56. The molecule has 2 heterocycles. The van der Waals surface area contributed by atoms with Crippen LogP contribution in [0, 0.1) is 0 Å². The summed E-state index contributed by atoms with van der Waals surface area (Å²) in [6.45, 7) is 1.19. The highest BCUT2D eigenvalue weighted by atomic mass is 32.3. The number of carbonyl (C=O) groups is 3. The fourth-order valence-electron chi connectivity index (χ4n) is 1.84. The second kappa shape index (κ2) is 6.08. The van der Waals surface area contributed by atoms with Crippen molar-refractivity contribution in [3.63, 3.8) is 0 Å². The maximum atomic E-state index is 12.9. The molecule has 11 heteroatoms. The molecule has 1 atom stereocenters. The van der Waals surface area contributed by atoms with Crippen LogP contribution in [0.5, 0.6) is 0 Å². The zero-order valence-electron chi connectivity index (χ0n) is 11.3. The molecule has 22 heavy (non-hydrogen) atoms. The predicted molar refractivity (Wildman–Crippen MR) is 73.9 cm³/mol. The number of hydrogen-bond acceptors (Lipinski definition) is 8. The first kappa shape index (κ1) is 16.5. The molecular formula is C11H11FN2O6S2. The van der Waals surface area contributed by atoms with E-state index in [9.17, 15) is 26.7 Å². The molecule has 120 valence electrons. The van der Waals surface area contributed by atoms with Crippen molar-refractivity contribution < 1.29 is 31.4 Å². The summed E-state index contributed by atoms with van der Waals surface area (Å²) >= 11 is 0.875. The fraction of sp³-hybridized carbons (Fsp3) is 0.455. The Morgan fingerprint density at radius 2 is 2.23 bits per heavy atom. The number of Topliss-reactive ketones (excluding diaryl/α,β-unsaturated/α-hetero) is 1. The van der Waals surface area contributed by atoms with E-state index in [2.05, 4.69) is 9.72 Å². The second-order valence-corrected chi connectivity index (χ2v) is 6.83. The largest absolute Gasteiger partial charge is 0.460 e. The van der Waals surface area contributed by atoms with E-state index >= 15 is 0 Å². The van der Waals surface area contributed by atoms with Crippen LogP contribution in [0.25, 0.3) is 0 Å². The highest BCUT2D eigenvalue weighted by molar-refractivity contribution is 7.87. The van der Waals surface area contributed by atoms with Crippen LogP contribution in [-0.4, -0.2) is 49.5 Å². The molecular weight excluding hydrogens is 339 g/mol. The Labute approximate surface area is 129 Å². The summed E-state index contributed by atoms with van der Waals surface area (Å²) in [5.41, 5.74) is -0.210. The second-order valence-electron chi connectivity index (χ2n) is 4.37. The van der Waals surface area contributed by atoms with Crippen molar-refractivity contribution in [3.8, 4) is 0 Å². The number of anilines is 1. The minimum absolute atomic E-state index is 0.0300. The molecule has 0 N–H and O–H groups in total. The summed E-state index contributed by atoms with van der Waals surface area (Å²) < 4.78 is 39.2. The maximum absolute atomic E-state index is 12.9. The lowest BCUT2D eigenvalue weighted by atomic mass is 10.3. The van der Waals surface area contributed by atoms with Crippen molar-refractivity contribution >= 4 is 44.4 Å². The van der Waals surface area contributed by atoms with E-state index in [1.165, 1.54) is 12.3 Å². The summed E-state index contributed by atoms with van der Waals surface area (Å²) in [5.74, 6) is -2.65. The molecule has 0 aromatic carbocycles. The number of amides is 1. The van der Waals surface area contributed by atoms with E-state index in [-0.39, 0.29) is 24.0 Å². The Morgan fingerprint density at radius 1 is 1.55 bits per heavy atom. The van der Waals surface area contributed by atoms with Crippen LogP contribution in [0.4, 0.5) is 9.02 Å². The summed E-state index contributed by atoms with van der Waals surface area (Å²) in [5, 5.41) is -0.170. The smallest absolute Gasteiger partial charge is 0.381 e. The number of thiazole rings is 1. The predicted octanol–water partition coefficient (Wildman–Crippen LogP) is 0.294. The molecule has 0 radical (unpaired) electrons. The Balaban J connectivity index is 2.17. The molecule has 1 aromatic rings. The monoisotopic (exact) mass is 350 g/mol. The van der Waals surface area contributed by atoms with E-state index < -0.39 is 39.6 Å². The summed E-state index contributed by atoms with van der Waals surface area (Å²) in [6.07, 6.45) is -0.487. The summed E-state index contributed by atoms with van der Waals surface area (Å²) in [7, 11) is -4.83. The molecule has 1 aliphatic heterocycles. The van der Waals surface area contributed by atoms with Gasteiger partial charge in [0.2, 0.25) is 5.91 Å². The van der Waals surface area contributed by atoms with Crippen LogP contribution >= 0.6 is 11.3 Å². The van der Waals surface area contributed by atoms with Gasteiger partial charge in [0.05, 0.1) is 6.61 Å². The van der Waals surface area contributed by atoms with Gasteiger partial charge in [0.25, 0.3) is 5.78 Å². The van der Waals surface area contributed by atoms with Crippen molar-refractivity contribution in [1.29, 1.82) is 0 Å². The average molecular weight is 350 g/mol. The molecule has 0 bridgehead atoms. The maximum Gasteiger partial charge on any atom is 0.381 e. The van der Waals surface area contributed by atoms with Gasteiger partial charge in [-0.1, -0.05) is 0 Å².